The molecular weight excluding hydrogens is 883 g/mol. The number of nitrogen functional groups attached to an aromatic ring is 1. The Morgan fingerprint density at radius 3 is 1.99 bits per heavy atom. The van der Waals surface area contributed by atoms with E-state index in [4.69, 9.17) is 21.5 Å². The topological polar surface area (TPSA) is 143 Å². The molecule has 0 saturated carbocycles. The van der Waals surface area contributed by atoms with Crippen LogP contribution in [0.2, 0.25) is 0 Å². The lowest BCUT2D eigenvalue weighted by molar-refractivity contribution is 0.673. The molecule has 0 aromatic heterocycles. The number of nitrogens with zero attached hydrogens (tertiary/aromatic N) is 4. The van der Waals surface area contributed by atoms with Gasteiger partial charge in [-0.15, -0.1) is 0 Å². The number of para-hydroxylation sites is 3. The van der Waals surface area contributed by atoms with Crippen LogP contribution in [0, 0.1) is 16.7 Å². The smallest absolute Gasteiger partial charge is 0.143 e. The van der Waals surface area contributed by atoms with Crippen LogP contribution < -0.4 is 26.6 Å². The molecule has 7 aromatic rings. The second-order valence-electron chi connectivity index (χ2n) is 17.7. The van der Waals surface area contributed by atoms with E-state index in [2.05, 4.69) is 240 Å². The Hall–Kier alpha value is -8.66. The number of rotatable bonds is 8. The summed E-state index contributed by atoms with van der Waals surface area (Å²) in [6.07, 6.45) is 16.7. The lowest BCUT2D eigenvalue weighted by Gasteiger charge is -2.33. The first kappa shape index (κ1) is 49.8. The summed E-state index contributed by atoms with van der Waals surface area (Å²) in [5.41, 5.74) is 25.1. The van der Waals surface area contributed by atoms with Crippen molar-refractivity contribution >= 4 is 53.5 Å². The number of benzene rings is 7. The second-order valence-corrected chi connectivity index (χ2v) is 17.7. The minimum absolute atomic E-state index is 0.00851. The standard InChI is InChI=1S/C46H36N4.C8H11N.C7H8N2.CH5N.CH3N/c1-30-20-26-41-37(28-30)38-29-34(44(31-12-4-2-5-13-31)32-14-6-3-7-15-32)23-27-42(38)49(41)35-24-21-33(22-25-35)45-47-39-17-9-8-16-36(39)46-48-40-18-10-11-19-43(40)50(45)46;1-9-7-8-5-3-2-4-6-8;8-7(9)6-4-2-1-3-5-6;2*1-2/h2-29,37,41,44,46,48H,1H3;2-5,8H,1,6-7H2;1-5H,(H3,8,9);2H2,1H3;2H,1H2. The molecule has 360 valence electrons. The van der Waals surface area contributed by atoms with Gasteiger partial charge in [0, 0.05) is 52.4 Å². The molecule has 7 aromatic carbocycles. The van der Waals surface area contributed by atoms with Crippen LogP contribution in [0.25, 0.3) is 0 Å². The highest BCUT2D eigenvalue weighted by atomic mass is 15.4. The number of anilines is 4. The van der Waals surface area contributed by atoms with Crippen molar-refractivity contribution in [1.29, 1.82) is 10.8 Å². The lowest BCUT2D eigenvalue weighted by Crippen LogP contribution is -2.37. The van der Waals surface area contributed by atoms with Crippen LogP contribution in [-0.2, 0) is 0 Å². The molecule has 3 heterocycles. The summed E-state index contributed by atoms with van der Waals surface area (Å²) < 4.78 is 0. The monoisotopic (exact) mass is 946 g/mol. The summed E-state index contributed by atoms with van der Waals surface area (Å²) >= 11 is 0. The zero-order valence-corrected chi connectivity index (χ0v) is 41.0. The predicted molar refractivity (Wildman–Crippen MR) is 304 cm³/mol. The summed E-state index contributed by atoms with van der Waals surface area (Å²) in [6.45, 7) is 9.02. The SMILES string of the molecule is C=N.C=NCC1C=CC=CC1.CC1=CC2c3cc(C(c4ccccc4)c4ccccc4)ccc3N(c3ccc(C4=Nc5ccccc5C5Nc6ccccc6N45)cc3)C2C=C1.CN.N=C(N)c1ccccc1. The van der Waals surface area contributed by atoms with E-state index < -0.39 is 0 Å². The molecule has 0 radical (unpaired) electrons. The molecule has 9 heteroatoms. The van der Waals surface area contributed by atoms with Crippen molar-refractivity contribution in [3.8, 4) is 0 Å². The van der Waals surface area contributed by atoms with Gasteiger partial charge in [0.25, 0.3) is 0 Å². The number of aliphatic imine (C=N–C) groups is 2. The molecule has 0 spiro atoms. The van der Waals surface area contributed by atoms with Crippen molar-refractivity contribution in [2.45, 2.75) is 37.4 Å². The zero-order valence-electron chi connectivity index (χ0n) is 41.0. The Kier molecular flexibility index (Phi) is 16.4. The first-order valence-corrected chi connectivity index (χ1v) is 24.4. The molecule has 5 aliphatic rings. The van der Waals surface area contributed by atoms with Crippen LogP contribution in [0.15, 0.2) is 240 Å². The Balaban J connectivity index is 0.000000263. The molecule has 2 aliphatic carbocycles. The van der Waals surface area contributed by atoms with Gasteiger partial charge in [0.1, 0.15) is 17.8 Å². The number of hydrogen-bond donors (Lipinski definition) is 5. The summed E-state index contributed by atoms with van der Waals surface area (Å²) in [5, 5.41) is 16.3. The van der Waals surface area contributed by atoms with Gasteiger partial charge in [0.15, 0.2) is 0 Å². The van der Waals surface area contributed by atoms with E-state index in [0.29, 0.717) is 5.92 Å². The van der Waals surface area contributed by atoms with Gasteiger partial charge in [-0.2, -0.15) is 0 Å². The van der Waals surface area contributed by atoms with E-state index in [1.54, 1.807) is 0 Å². The van der Waals surface area contributed by atoms with Crippen molar-refractivity contribution in [3.05, 3.63) is 269 Å². The highest BCUT2D eigenvalue weighted by Crippen LogP contribution is 2.51. The fourth-order valence-corrected chi connectivity index (χ4v) is 10.0. The molecule has 72 heavy (non-hydrogen) atoms. The zero-order chi connectivity index (χ0) is 50.4. The van der Waals surface area contributed by atoms with E-state index in [1.807, 2.05) is 30.3 Å². The van der Waals surface area contributed by atoms with Crippen molar-refractivity contribution < 1.29 is 0 Å². The van der Waals surface area contributed by atoms with Crippen LogP contribution in [0.3, 0.4) is 0 Å². The van der Waals surface area contributed by atoms with Crippen LogP contribution in [0.1, 0.15) is 70.3 Å². The Morgan fingerprint density at radius 2 is 1.35 bits per heavy atom. The maximum atomic E-state index is 7.01. The first-order chi connectivity index (χ1) is 35.4. The number of hydrogen-bond acceptors (Lipinski definition) is 8. The van der Waals surface area contributed by atoms with Gasteiger partial charge < -0.3 is 32.1 Å². The van der Waals surface area contributed by atoms with Crippen molar-refractivity contribution in [3.63, 3.8) is 0 Å². The van der Waals surface area contributed by atoms with E-state index in [9.17, 15) is 0 Å². The molecule has 0 bridgehead atoms. The van der Waals surface area contributed by atoms with E-state index in [0.717, 1.165) is 47.0 Å². The minimum Gasteiger partial charge on any atom is -0.384 e. The van der Waals surface area contributed by atoms with Gasteiger partial charge in [0.05, 0.1) is 23.1 Å². The summed E-state index contributed by atoms with van der Waals surface area (Å²) in [6, 6.07) is 64.4. The summed E-state index contributed by atoms with van der Waals surface area (Å²) in [5.74, 6) is 2.12. The molecule has 12 rings (SSSR count). The third-order valence-electron chi connectivity index (χ3n) is 13.3. The van der Waals surface area contributed by atoms with Crippen LogP contribution in [0.5, 0.6) is 0 Å². The third kappa shape index (κ3) is 10.7. The van der Waals surface area contributed by atoms with Gasteiger partial charge in [-0.25, -0.2) is 4.99 Å². The minimum atomic E-state index is 0.00851. The van der Waals surface area contributed by atoms with E-state index in [1.165, 1.54) is 51.8 Å². The highest BCUT2D eigenvalue weighted by Gasteiger charge is 2.40. The fraction of sp³-hybridized carbons (Fsp3) is 0.143. The average Bonchev–Trinajstić information content (AvgIpc) is 4.00. The van der Waals surface area contributed by atoms with Crippen molar-refractivity contribution in [2.24, 2.45) is 27.4 Å². The van der Waals surface area contributed by atoms with Crippen LogP contribution >= 0.6 is 0 Å². The molecular formula is C63H63N9. The number of nitrogens with two attached hydrogens (primary N) is 2. The largest absolute Gasteiger partial charge is 0.384 e. The Labute approximate surface area is 425 Å². The number of fused-ring (bicyclic) bond motifs is 8. The fourth-order valence-electron chi connectivity index (χ4n) is 10.0. The lowest BCUT2D eigenvalue weighted by atomic mass is 9.82. The first-order valence-electron chi connectivity index (χ1n) is 24.4. The maximum absolute atomic E-state index is 7.01. The highest BCUT2D eigenvalue weighted by molar-refractivity contribution is 6.15. The average molecular weight is 946 g/mol. The summed E-state index contributed by atoms with van der Waals surface area (Å²) in [4.78, 5) is 13.9. The van der Waals surface area contributed by atoms with Crippen LogP contribution in [0.4, 0.5) is 28.4 Å². The van der Waals surface area contributed by atoms with E-state index >= 15 is 0 Å². The van der Waals surface area contributed by atoms with Gasteiger partial charge in [-0.1, -0.05) is 182 Å². The molecule has 9 nitrogen and oxygen atoms in total. The van der Waals surface area contributed by atoms with Crippen molar-refractivity contribution in [2.75, 3.05) is 28.7 Å². The second kappa shape index (κ2) is 23.8. The Bertz CT molecular complexity index is 3060. The molecule has 4 atom stereocenters. The molecule has 7 N–H and O–H groups in total. The van der Waals surface area contributed by atoms with Crippen LogP contribution in [-0.4, -0.2) is 44.7 Å². The maximum Gasteiger partial charge on any atom is 0.143 e. The molecule has 0 fully saturated rings. The van der Waals surface area contributed by atoms with E-state index in [-0.39, 0.29) is 29.9 Å². The number of nitrogens with one attached hydrogen (secondary N) is 3. The molecule has 3 aliphatic heterocycles. The normalized spacial score (nSPS) is 17.8. The van der Waals surface area contributed by atoms with Gasteiger partial charge >= 0.3 is 0 Å². The third-order valence-corrected chi connectivity index (χ3v) is 13.3. The number of allylic oxidation sites excluding steroid dienone is 5. The number of amidine groups is 2. The quantitative estimate of drug-likeness (QED) is 0.0586. The predicted octanol–water partition coefficient (Wildman–Crippen LogP) is 13.6. The molecule has 0 saturated heterocycles. The Morgan fingerprint density at radius 1 is 0.708 bits per heavy atom. The molecule has 4 unspecified atom stereocenters. The van der Waals surface area contributed by atoms with Gasteiger partial charge in [-0.05, 0) is 105 Å². The molecule has 0 amide bonds. The van der Waals surface area contributed by atoms with Crippen molar-refractivity contribution in [1.82, 2.24) is 0 Å². The summed E-state index contributed by atoms with van der Waals surface area (Å²) in [7, 11) is 1.50. The van der Waals surface area contributed by atoms with Gasteiger partial charge in [-0.3, -0.25) is 10.3 Å². The van der Waals surface area contributed by atoms with Gasteiger partial charge in [0.2, 0.25) is 0 Å².